The van der Waals surface area contributed by atoms with Crippen molar-refractivity contribution in [3.8, 4) is 11.5 Å². The molecule has 1 aromatic rings. The molecule has 0 fully saturated rings. The van der Waals surface area contributed by atoms with Crippen LogP contribution in [0.3, 0.4) is 0 Å². The molecule has 0 spiro atoms. The molecule has 1 unspecified atom stereocenters. The van der Waals surface area contributed by atoms with E-state index in [0.717, 1.165) is 5.56 Å². The Balaban J connectivity index is 3.34. The Kier molecular flexibility index (Phi) is 4.69. The van der Waals surface area contributed by atoms with Gasteiger partial charge in [-0.05, 0) is 30.2 Å². The fourth-order valence-electron chi connectivity index (χ4n) is 1.60. The Labute approximate surface area is 99.5 Å². The van der Waals surface area contributed by atoms with E-state index in [0.29, 0.717) is 12.3 Å². The predicted octanol–water partition coefficient (Wildman–Crippen LogP) is 2.70. The van der Waals surface area contributed by atoms with Crippen molar-refractivity contribution in [2.45, 2.75) is 19.3 Å². The molecule has 0 saturated carbocycles. The van der Waals surface area contributed by atoms with Crippen LogP contribution in [-0.4, -0.2) is 20.8 Å². The standard InChI is InChI=1S/C12H17F2NO2/c1-7(6-15)8-4-9(12(13)14)11(17-3)10(5-8)16-2/h4-5,7,12H,6,15H2,1-3H3. The summed E-state index contributed by atoms with van der Waals surface area (Å²) in [6.45, 7) is 2.26. The number of alkyl halides is 2. The number of halogens is 2. The van der Waals surface area contributed by atoms with Crippen molar-refractivity contribution < 1.29 is 18.3 Å². The fourth-order valence-corrected chi connectivity index (χ4v) is 1.60. The Morgan fingerprint density at radius 2 is 1.88 bits per heavy atom. The monoisotopic (exact) mass is 245 g/mol. The van der Waals surface area contributed by atoms with Gasteiger partial charge in [0.15, 0.2) is 11.5 Å². The largest absolute Gasteiger partial charge is 0.493 e. The molecule has 5 heteroatoms. The van der Waals surface area contributed by atoms with Crippen molar-refractivity contribution in [3.05, 3.63) is 23.3 Å². The molecule has 0 aromatic heterocycles. The van der Waals surface area contributed by atoms with Crippen molar-refractivity contribution in [1.29, 1.82) is 0 Å². The van der Waals surface area contributed by atoms with Gasteiger partial charge in [-0.3, -0.25) is 0 Å². The van der Waals surface area contributed by atoms with Crippen LogP contribution in [0.15, 0.2) is 12.1 Å². The summed E-state index contributed by atoms with van der Waals surface area (Å²) in [5.74, 6) is 0.378. The van der Waals surface area contributed by atoms with Crippen molar-refractivity contribution in [2.24, 2.45) is 5.73 Å². The van der Waals surface area contributed by atoms with E-state index in [-0.39, 0.29) is 17.2 Å². The van der Waals surface area contributed by atoms with Crippen LogP contribution in [0.25, 0.3) is 0 Å². The first-order valence-electron chi connectivity index (χ1n) is 5.29. The van der Waals surface area contributed by atoms with Crippen LogP contribution in [0.2, 0.25) is 0 Å². The van der Waals surface area contributed by atoms with Crippen molar-refractivity contribution in [3.63, 3.8) is 0 Å². The Morgan fingerprint density at radius 3 is 2.29 bits per heavy atom. The lowest BCUT2D eigenvalue weighted by Gasteiger charge is -2.17. The molecule has 1 atom stereocenters. The molecular formula is C12H17F2NO2. The molecule has 17 heavy (non-hydrogen) atoms. The van der Waals surface area contributed by atoms with Gasteiger partial charge in [0.05, 0.1) is 19.8 Å². The summed E-state index contributed by atoms with van der Waals surface area (Å²) < 4.78 is 35.8. The van der Waals surface area contributed by atoms with Crippen LogP contribution < -0.4 is 15.2 Å². The Hall–Kier alpha value is -1.36. The molecule has 0 aliphatic heterocycles. The fraction of sp³-hybridized carbons (Fsp3) is 0.500. The first kappa shape index (κ1) is 13.7. The Morgan fingerprint density at radius 1 is 1.24 bits per heavy atom. The second kappa shape index (κ2) is 5.82. The lowest BCUT2D eigenvalue weighted by molar-refractivity contribution is 0.146. The highest BCUT2D eigenvalue weighted by atomic mass is 19.3. The zero-order chi connectivity index (χ0) is 13.0. The predicted molar refractivity (Wildman–Crippen MR) is 62.0 cm³/mol. The van der Waals surface area contributed by atoms with E-state index in [1.807, 2.05) is 6.92 Å². The lowest BCUT2D eigenvalue weighted by atomic mass is 9.98. The smallest absolute Gasteiger partial charge is 0.267 e. The first-order valence-corrected chi connectivity index (χ1v) is 5.29. The average molecular weight is 245 g/mol. The van der Waals surface area contributed by atoms with E-state index in [2.05, 4.69) is 0 Å². The summed E-state index contributed by atoms with van der Waals surface area (Å²) in [6, 6.07) is 3.10. The minimum atomic E-state index is -2.61. The quantitative estimate of drug-likeness (QED) is 0.867. The molecule has 3 nitrogen and oxygen atoms in total. The van der Waals surface area contributed by atoms with E-state index < -0.39 is 6.43 Å². The van der Waals surface area contributed by atoms with E-state index in [9.17, 15) is 8.78 Å². The third-order valence-corrected chi connectivity index (χ3v) is 2.69. The summed E-state index contributed by atoms with van der Waals surface area (Å²) in [6.07, 6.45) is -2.61. The maximum absolute atomic E-state index is 12.9. The van der Waals surface area contributed by atoms with Crippen molar-refractivity contribution in [2.75, 3.05) is 20.8 Å². The van der Waals surface area contributed by atoms with Crippen molar-refractivity contribution >= 4 is 0 Å². The molecule has 96 valence electrons. The van der Waals surface area contributed by atoms with Gasteiger partial charge >= 0.3 is 0 Å². The molecule has 0 radical (unpaired) electrons. The van der Waals surface area contributed by atoms with E-state index in [1.165, 1.54) is 20.3 Å². The summed E-state index contributed by atoms with van der Waals surface area (Å²) in [4.78, 5) is 0. The zero-order valence-electron chi connectivity index (χ0n) is 10.2. The zero-order valence-corrected chi connectivity index (χ0v) is 10.2. The first-order chi connectivity index (χ1) is 8.04. The van der Waals surface area contributed by atoms with Crippen LogP contribution >= 0.6 is 0 Å². The summed E-state index contributed by atoms with van der Waals surface area (Å²) in [5.41, 5.74) is 6.09. The molecule has 0 aliphatic carbocycles. The highest BCUT2D eigenvalue weighted by Gasteiger charge is 2.20. The maximum atomic E-state index is 12.9. The molecule has 2 N–H and O–H groups in total. The number of nitrogens with two attached hydrogens (primary N) is 1. The molecular weight excluding hydrogens is 228 g/mol. The summed E-state index contributed by atoms with van der Waals surface area (Å²) in [7, 11) is 2.76. The van der Waals surface area contributed by atoms with Crippen LogP contribution in [0, 0.1) is 0 Å². The van der Waals surface area contributed by atoms with Gasteiger partial charge in [0.1, 0.15) is 0 Å². The molecule has 0 bridgehead atoms. The molecule has 0 aliphatic rings. The molecule has 1 aromatic carbocycles. The van der Waals surface area contributed by atoms with Gasteiger partial charge in [0.25, 0.3) is 6.43 Å². The normalized spacial score (nSPS) is 12.6. The van der Waals surface area contributed by atoms with Gasteiger partial charge in [-0.1, -0.05) is 6.92 Å². The number of rotatable bonds is 5. The van der Waals surface area contributed by atoms with Gasteiger partial charge < -0.3 is 15.2 Å². The average Bonchev–Trinajstić information content (AvgIpc) is 2.35. The van der Waals surface area contributed by atoms with Gasteiger partial charge in [-0.25, -0.2) is 8.78 Å². The van der Waals surface area contributed by atoms with Gasteiger partial charge in [-0.2, -0.15) is 0 Å². The third kappa shape index (κ3) is 2.85. The summed E-state index contributed by atoms with van der Waals surface area (Å²) in [5, 5.41) is 0. The lowest BCUT2D eigenvalue weighted by Crippen LogP contribution is -2.10. The highest BCUT2D eigenvalue weighted by Crippen LogP contribution is 2.39. The summed E-state index contributed by atoms with van der Waals surface area (Å²) >= 11 is 0. The van der Waals surface area contributed by atoms with Crippen LogP contribution in [-0.2, 0) is 0 Å². The topological polar surface area (TPSA) is 44.5 Å². The van der Waals surface area contributed by atoms with Gasteiger partial charge in [0, 0.05) is 0 Å². The molecule has 0 saturated heterocycles. The maximum Gasteiger partial charge on any atom is 0.267 e. The number of methoxy groups -OCH3 is 2. The second-order valence-corrected chi connectivity index (χ2v) is 3.78. The van der Waals surface area contributed by atoms with Crippen LogP contribution in [0.4, 0.5) is 8.78 Å². The van der Waals surface area contributed by atoms with E-state index in [1.54, 1.807) is 6.07 Å². The number of ether oxygens (including phenoxy) is 2. The minimum Gasteiger partial charge on any atom is -0.493 e. The van der Waals surface area contributed by atoms with E-state index in [4.69, 9.17) is 15.2 Å². The SMILES string of the molecule is COc1cc(C(C)CN)cc(C(F)F)c1OC. The van der Waals surface area contributed by atoms with Crippen LogP contribution in [0.5, 0.6) is 11.5 Å². The molecule has 1 rings (SSSR count). The number of benzene rings is 1. The number of hydrogen-bond acceptors (Lipinski definition) is 3. The highest BCUT2D eigenvalue weighted by molar-refractivity contribution is 5.50. The third-order valence-electron chi connectivity index (χ3n) is 2.69. The minimum absolute atomic E-state index is 0.00712. The van der Waals surface area contributed by atoms with Crippen molar-refractivity contribution in [1.82, 2.24) is 0 Å². The van der Waals surface area contributed by atoms with Crippen LogP contribution in [0.1, 0.15) is 30.4 Å². The second-order valence-electron chi connectivity index (χ2n) is 3.78. The Bertz CT molecular complexity index is 383. The van der Waals surface area contributed by atoms with Gasteiger partial charge in [-0.15, -0.1) is 0 Å². The number of hydrogen-bond donors (Lipinski definition) is 1. The molecule has 0 heterocycles. The van der Waals surface area contributed by atoms with E-state index >= 15 is 0 Å². The molecule has 0 amide bonds. The van der Waals surface area contributed by atoms with Gasteiger partial charge in [0.2, 0.25) is 0 Å².